The summed E-state index contributed by atoms with van der Waals surface area (Å²) in [5, 5.41) is 6.86. The first kappa shape index (κ1) is 17.0. The van der Waals surface area contributed by atoms with Crippen LogP contribution in [0.15, 0.2) is 4.99 Å². The second-order valence-corrected chi connectivity index (χ2v) is 6.05. The number of nitrogens with zero attached hydrogens (tertiary/aromatic N) is 2. The molecule has 0 aromatic heterocycles. The van der Waals surface area contributed by atoms with Gasteiger partial charge in [0, 0.05) is 18.6 Å². The van der Waals surface area contributed by atoms with Crippen molar-refractivity contribution in [3.8, 4) is 0 Å². The summed E-state index contributed by atoms with van der Waals surface area (Å²) in [6.07, 6.45) is 4.04. The maximum Gasteiger partial charge on any atom is 0.191 e. The SMILES string of the molecule is CCNC(=NCC(C1CC1)N(C)C)NC1CC1C.I. The van der Waals surface area contributed by atoms with E-state index in [1.807, 2.05) is 0 Å². The molecule has 2 fully saturated rings. The Kier molecular flexibility index (Phi) is 6.86. The van der Waals surface area contributed by atoms with E-state index in [1.165, 1.54) is 19.3 Å². The Bertz CT molecular complexity index is 300. The van der Waals surface area contributed by atoms with Crippen LogP contribution in [0.3, 0.4) is 0 Å². The second kappa shape index (κ2) is 7.67. The quantitative estimate of drug-likeness (QED) is 0.420. The minimum atomic E-state index is 0. The van der Waals surface area contributed by atoms with Crippen LogP contribution < -0.4 is 10.6 Å². The van der Waals surface area contributed by atoms with Crippen molar-refractivity contribution >= 4 is 29.9 Å². The third-order valence-electron chi connectivity index (χ3n) is 4.04. The van der Waals surface area contributed by atoms with E-state index in [2.05, 4.69) is 43.5 Å². The van der Waals surface area contributed by atoms with Gasteiger partial charge in [0.05, 0.1) is 6.54 Å². The lowest BCUT2D eigenvalue weighted by Gasteiger charge is -2.23. The Morgan fingerprint density at radius 1 is 1.37 bits per heavy atom. The molecule has 2 aliphatic carbocycles. The second-order valence-electron chi connectivity index (χ2n) is 6.05. The molecule has 0 saturated heterocycles. The van der Waals surface area contributed by atoms with Gasteiger partial charge in [-0.15, -0.1) is 24.0 Å². The molecule has 0 heterocycles. The van der Waals surface area contributed by atoms with Gasteiger partial charge in [0.15, 0.2) is 5.96 Å². The van der Waals surface area contributed by atoms with Crippen LogP contribution in [-0.4, -0.2) is 50.1 Å². The van der Waals surface area contributed by atoms with Crippen LogP contribution in [0.5, 0.6) is 0 Å². The molecule has 0 spiro atoms. The van der Waals surface area contributed by atoms with Crippen molar-refractivity contribution in [2.45, 2.75) is 45.2 Å². The summed E-state index contributed by atoms with van der Waals surface area (Å²) in [5.41, 5.74) is 0. The fraction of sp³-hybridized carbons (Fsp3) is 0.929. The normalized spacial score (nSPS) is 27.7. The van der Waals surface area contributed by atoms with E-state index < -0.39 is 0 Å². The number of rotatable bonds is 6. The molecule has 0 aromatic carbocycles. The third kappa shape index (κ3) is 5.45. The molecule has 0 amide bonds. The van der Waals surface area contributed by atoms with E-state index in [0.717, 1.165) is 30.9 Å². The number of nitrogens with one attached hydrogen (secondary N) is 2. The van der Waals surface area contributed by atoms with Gasteiger partial charge >= 0.3 is 0 Å². The molecule has 2 aliphatic rings. The number of hydrogen-bond acceptors (Lipinski definition) is 2. The standard InChI is InChI=1S/C14H28N4.HI/c1-5-15-14(17-12-8-10(12)2)16-9-13(18(3)4)11-6-7-11;/h10-13H,5-9H2,1-4H3,(H2,15,16,17);1H. The molecule has 2 saturated carbocycles. The van der Waals surface area contributed by atoms with Crippen molar-refractivity contribution in [3.05, 3.63) is 0 Å². The van der Waals surface area contributed by atoms with Gasteiger partial charge in [-0.25, -0.2) is 0 Å². The zero-order chi connectivity index (χ0) is 13.1. The highest BCUT2D eigenvalue weighted by atomic mass is 127. The summed E-state index contributed by atoms with van der Waals surface area (Å²) in [7, 11) is 4.34. The predicted molar refractivity (Wildman–Crippen MR) is 92.3 cm³/mol. The average molecular weight is 380 g/mol. The lowest BCUT2D eigenvalue weighted by Crippen LogP contribution is -2.41. The lowest BCUT2D eigenvalue weighted by molar-refractivity contribution is 0.271. The van der Waals surface area contributed by atoms with Crippen LogP contribution in [0, 0.1) is 11.8 Å². The maximum atomic E-state index is 4.76. The molecule has 112 valence electrons. The number of guanidine groups is 1. The molecule has 0 radical (unpaired) electrons. The molecular formula is C14H29IN4. The smallest absolute Gasteiger partial charge is 0.191 e. The molecule has 0 aromatic rings. The van der Waals surface area contributed by atoms with Gasteiger partial charge in [-0.3, -0.25) is 4.99 Å². The number of hydrogen-bond donors (Lipinski definition) is 2. The van der Waals surface area contributed by atoms with E-state index in [-0.39, 0.29) is 24.0 Å². The average Bonchev–Trinajstić information content (AvgIpc) is 3.19. The molecule has 19 heavy (non-hydrogen) atoms. The van der Waals surface area contributed by atoms with E-state index in [9.17, 15) is 0 Å². The van der Waals surface area contributed by atoms with E-state index in [1.54, 1.807) is 0 Å². The van der Waals surface area contributed by atoms with Crippen LogP contribution in [0.25, 0.3) is 0 Å². The highest BCUT2D eigenvalue weighted by molar-refractivity contribution is 14.0. The van der Waals surface area contributed by atoms with Gasteiger partial charge < -0.3 is 15.5 Å². The minimum absolute atomic E-state index is 0. The van der Waals surface area contributed by atoms with Crippen molar-refractivity contribution in [3.63, 3.8) is 0 Å². The number of halogens is 1. The molecule has 2 rings (SSSR count). The fourth-order valence-corrected chi connectivity index (χ4v) is 2.42. The fourth-order valence-electron chi connectivity index (χ4n) is 2.42. The molecule has 2 N–H and O–H groups in total. The zero-order valence-corrected chi connectivity index (χ0v) is 15.0. The summed E-state index contributed by atoms with van der Waals surface area (Å²) in [4.78, 5) is 7.09. The predicted octanol–water partition coefficient (Wildman–Crippen LogP) is 1.91. The van der Waals surface area contributed by atoms with Crippen LogP contribution in [-0.2, 0) is 0 Å². The first-order valence-electron chi connectivity index (χ1n) is 7.33. The largest absolute Gasteiger partial charge is 0.357 e. The molecule has 0 bridgehead atoms. The van der Waals surface area contributed by atoms with Gasteiger partial charge in [-0.2, -0.15) is 0 Å². The summed E-state index contributed by atoms with van der Waals surface area (Å²) in [5.74, 6) is 2.67. The number of aliphatic imine (C=N–C) groups is 1. The monoisotopic (exact) mass is 380 g/mol. The topological polar surface area (TPSA) is 39.7 Å². The first-order valence-corrected chi connectivity index (χ1v) is 7.33. The Morgan fingerprint density at radius 3 is 2.42 bits per heavy atom. The van der Waals surface area contributed by atoms with Crippen molar-refractivity contribution < 1.29 is 0 Å². The molecule has 0 aliphatic heterocycles. The highest BCUT2D eigenvalue weighted by Gasteiger charge is 2.34. The highest BCUT2D eigenvalue weighted by Crippen LogP contribution is 2.34. The van der Waals surface area contributed by atoms with Crippen molar-refractivity contribution in [1.29, 1.82) is 0 Å². The van der Waals surface area contributed by atoms with Gasteiger partial charge in [-0.1, -0.05) is 6.92 Å². The molecule has 5 heteroatoms. The van der Waals surface area contributed by atoms with Crippen molar-refractivity contribution in [2.24, 2.45) is 16.8 Å². The maximum absolute atomic E-state index is 4.76. The number of likely N-dealkylation sites (N-methyl/N-ethyl adjacent to an activating group) is 1. The van der Waals surface area contributed by atoms with Crippen LogP contribution in [0.1, 0.15) is 33.1 Å². The van der Waals surface area contributed by atoms with E-state index in [0.29, 0.717) is 12.1 Å². The van der Waals surface area contributed by atoms with Crippen LogP contribution in [0.2, 0.25) is 0 Å². The first-order chi connectivity index (χ1) is 8.61. The zero-order valence-electron chi connectivity index (χ0n) is 12.6. The van der Waals surface area contributed by atoms with Gasteiger partial charge in [0.1, 0.15) is 0 Å². The molecule has 4 nitrogen and oxygen atoms in total. The van der Waals surface area contributed by atoms with Crippen molar-refractivity contribution in [1.82, 2.24) is 15.5 Å². The molecule has 3 atom stereocenters. The summed E-state index contributed by atoms with van der Waals surface area (Å²) in [6.45, 7) is 6.25. The minimum Gasteiger partial charge on any atom is -0.357 e. The van der Waals surface area contributed by atoms with Crippen LogP contribution >= 0.6 is 24.0 Å². The van der Waals surface area contributed by atoms with E-state index >= 15 is 0 Å². The van der Waals surface area contributed by atoms with Crippen LogP contribution in [0.4, 0.5) is 0 Å². The molecule has 3 unspecified atom stereocenters. The van der Waals surface area contributed by atoms with Gasteiger partial charge in [0.25, 0.3) is 0 Å². The Hall–Kier alpha value is -0.0400. The van der Waals surface area contributed by atoms with Crippen molar-refractivity contribution in [2.75, 3.05) is 27.2 Å². The summed E-state index contributed by atoms with van der Waals surface area (Å²) in [6, 6.07) is 1.25. The van der Waals surface area contributed by atoms with Gasteiger partial charge in [-0.05, 0) is 52.1 Å². The summed E-state index contributed by atoms with van der Waals surface area (Å²) >= 11 is 0. The van der Waals surface area contributed by atoms with Gasteiger partial charge in [0.2, 0.25) is 0 Å². The molecular weight excluding hydrogens is 351 g/mol. The lowest BCUT2D eigenvalue weighted by atomic mass is 10.2. The Morgan fingerprint density at radius 2 is 2.00 bits per heavy atom. The Balaban J connectivity index is 0.00000180. The summed E-state index contributed by atoms with van der Waals surface area (Å²) < 4.78 is 0. The van der Waals surface area contributed by atoms with E-state index in [4.69, 9.17) is 4.99 Å². The third-order valence-corrected chi connectivity index (χ3v) is 4.04. The Labute approximate surface area is 134 Å².